The van der Waals surface area contributed by atoms with E-state index in [2.05, 4.69) is 0 Å². The van der Waals surface area contributed by atoms with Gasteiger partial charge in [-0.25, -0.2) is 4.39 Å². The van der Waals surface area contributed by atoms with Crippen molar-refractivity contribution in [1.29, 1.82) is 0 Å². The standard InChI is InChI=1S/C16H16FIO2/c1-10-3-6-16(20-2)11(7-10)8-15(19)13-5-4-12(17)9-14(13)18/h3-7,9,15,19H,8H2,1-2H3. The molecule has 4 heteroatoms. The minimum atomic E-state index is -0.682. The Morgan fingerprint density at radius 3 is 2.65 bits per heavy atom. The van der Waals surface area contributed by atoms with Crippen LogP contribution in [0, 0.1) is 16.3 Å². The van der Waals surface area contributed by atoms with Crippen LogP contribution in [0.1, 0.15) is 22.8 Å². The fourth-order valence-electron chi connectivity index (χ4n) is 2.16. The van der Waals surface area contributed by atoms with Gasteiger partial charge < -0.3 is 9.84 Å². The summed E-state index contributed by atoms with van der Waals surface area (Å²) in [5.74, 6) is 0.463. The van der Waals surface area contributed by atoms with Gasteiger partial charge in [-0.1, -0.05) is 23.8 Å². The van der Waals surface area contributed by atoms with Gasteiger partial charge in [0, 0.05) is 9.99 Å². The van der Waals surface area contributed by atoms with E-state index in [1.165, 1.54) is 12.1 Å². The summed E-state index contributed by atoms with van der Waals surface area (Å²) in [5.41, 5.74) is 2.79. The molecule has 0 aliphatic heterocycles. The summed E-state index contributed by atoms with van der Waals surface area (Å²) in [5, 5.41) is 10.4. The molecule has 0 aliphatic rings. The van der Waals surface area contributed by atoms with Crippen LogP contribution in [0.2, 0.25) is 0 Å². The molecule has 2 nitrogen and oxygen atoms in total. The van der Waals surface area contributed by atoms with Crippen LogP contribution in [-0.2, 0) is 6.42 Å². The molecule has 0 spiro atoms. The minimum Gasteiger partial charge on any atom is -0.496 e. The topological polar surface area (TPSA) is 29.5 Å². The van der Waals surface area contributed by atoms with Crippen molar-refractivity contribution in [2.45, 2.75) is 19.4 Å². The maximum atomic E-state index is 13.1. The zero-order valence-electron chi connectivity index (χ0n) is 11.4. The van der Waals surface area contributed by atoms with E-state index < -0.39 is 6.10 Å². The van der Waals surface area contributed by atoms with Crippen molar-refractivity contribution in [3.63, 3.8) is 0 Å². The molecule has 0 heterocycles. The van der Waals surface area contributed by atoms with Crippen molar-refractivity contribution in [3.05, 3.63) is 62.5 Å². The molecule has 1 N–H and O–H groups in total. The first-order valence-electron chi connectivity index (χ1n) is 6.28. The summed E-state index contributed by atoms with van der Waals surface area (Å²) in [7, 11) is 1.61. The number of aliphatic hydroxyl groups is 1. The Labute approximate surface area is 131 Å². The van der Waals surface area contributed by atoms with Crippen molar-refractivity contribution < 1.29 is 14.2 Å². The second kappa shape index (κ2) is 6.54. The van der Waals surface area contributed by atoms with Gasteiger partial charge >= 0.3 is 0 Å². The van der Waals surface area contributed by atoms with Gasteiger partial charge in [0.15, 0.2) is 0 Å². The van der Waals surface area contributed by atoms with Gasteiger partial charge in [0.1, 0.15) is 11.6 Å². The summed E-state index contributed by atoms with van der Waals surface area (Å²) in [6.07, 6.45) is -0.245. The molecule has 0 saturated carbocycles. The van der Waals surface area contributed by atoms with Crippen LogP contribution in [0.4, 0.5) is 4.39 Å². The molecule has 0 aliphatic carbocycles. The van der Waals surface area contributed by atoms with E-state index in [-0.39, 0.29) is 5.82 Å². The summed E-state index contributed by atoms with van der Waals surface area (Å²) < 4.78 is 19.1. The van der Waals surface area contributed by atoms with Gasteiger partial charge in [0.05, 0.1) is 13.2 Å². The summed E-state index contributed by atoms with van der Waals surface area (Å²) in [4.78, 5) is 0. The van der Waals surface area contributed by atoms with E-state index in [1.54, 1.807) is 13.2 Å². The lowest BCUT2D eigenvalue weighted by Crippen LogP contribution is -2.06. The highest BCUT2D eigenvalue weighted by molar-refractivity contribution is 14.1. The zero-order chi connectivity index (χ0) is 14.7. The fourth-order valence-corrected chi connectivity index (χ4v) is 2.99. The number of methoxy groups -OCH3 is 1. The van der Waals surface area contributed by atoms with Crippen LogP contribution in [-0.4, -0.2) is 12.2 Å². The molecule has 20 heavy (non-hydrogen) atoms. The molecule has 1 atom stereocenters. The smallest absolute Gasteiger partial charge is 0.124 e. The number of hydrogen-bond acceptors (Lipinski definition) is 2. The van der Waals surface area contributed by atoms with Crippen molar-refractivity contribution in [2.24, 2.45) is 0 Å². The normalized spacial score (nSPS) is 12.2. The number of ether oxygens (including phenoxy) is 1. The summed E-state index contributed by atoms with van der Waals surface area (Å²) in [6.45, 7) is 2.00. The van der Waals surface area contributed by atoms with Gasteiger partial charge in [0.25, 0.3) is 0 Å². The Kier molecular flexibility index (Phi) is 4.99. The number of halogens is 2. The molecule has 0 amide bonds. The molecule has 0 saturated heterocycles. The fraction of sp³-hybridized carbons (Fsp3) is 0.250. The third-order valence-corrected chi connectivity index (χ3v) is 4.10. The van der Waals surface area contributed by atoms with Gasteiger partial charge in [-0.3, -0.25) is 0 Å². The Morgan fingerprint density at radius 1 is 1.25 bits per heavy atom. The lowest BCUT2D eigenvalue weighted by molar-refractivity contribution is 0.176. The quantitative estimate of drug-likeness (QED) is 0.805. The number of aryl methyl sites for hydroxylation is 1. The molecule has 0 fully saturated rings. The zero-order valence-corrected chi connectivity index (χ0v) is 13.5. The Balaban J connectivity index is 2.27. The maximum Gasteiger partial charge on any atom is 0.124 e. The van der Waals surface area contributed by atoms with Crippen molar-refractivity contribution >= 4 is 22.6 Å². The summed E-state index contributed by atoms with van der Waals surface area (Å²) in [6, 6.07) is 10.3. The SMILES string of the molecule is COc1ccc(C)cc1CC(O)c1ccc(F)cc1I. The van der Waals surface area contributed by atoms with Crippen LogP contribution in [0.25, 0.3) is 0 Å². The molecular weight excluding hydrogens is 370 g/mol. The Bertz CT molecular complexity index is 613. The molecule has 2 rings (SSSR count). The first-order valence-corrected chi connectivity index (χ1v) is 7.35. The average Bonchev–Trinajstić information content (AvgIpc) is 2.38. The van der Waals surface area contributed by atoms with Crippen LogP contribution in [0.3, 0.4) is 0 Å². The third-order valence-electron chi connectivity index (χ3n) is 3.17. The van der Waals surface area contributed by atoms with Crippen LogP contribution in [0.15, 0.2) is 36.4 Å². The monoisotopic (exact) mass is 386 g/mol. The van der Waals surface area contributed by atoms with E-state index in [9.17, 15) is 9.50 Å². The van der Waals surface area contributed by atoms with E-state index in [0.29, 0.717) is 6.42 Å². The van der Waals surface area contributed by atoms with Crippen molar-refractivity contribution in [3.8, 4) is 5.75 Å². The Morgan fingerprint density at radius 2 is 2.00 bits per heavy atom. The van der Waals surface area contributed by atoms with Gasteiger partial charge in [0.2, 0.25) is 0 Å². The number of aliphatic hydroxyl groups excluding tert-OH is 1. The molecule has 1 unspecified atom stereocenters. The van der Waals surface area contributed by atoms with Crippen molar-refractivity contribution in [1.82, 2.24) is 0 Å². The molecule has 106 valence electrons. The highest BCUT2D eigenvalue weighted by atomic mass is 127. The van der Waals surface area contributed by atoms with Crippen molar-refractivity contribution in [2.75, 3.05) is 7.11 Å². The van der Waals surface area contributed by atoms with Gasteiger partial charge in [-0.05, 0) is 58.8 Å². The van der Waals surface area contributed by atoms with Crippen LogP contribution >= 0.6 is 22.6 Å². The second-order valence-electron chi connectivity index (χ2n) is 4.70. The largest absolute Gasteiger partial charge is 0.496 e. The van der Waals surface area contributed by atoms with Crippen LogP contribution in [0.5, 0.6) is 5.75 Å². The van der Waals surface area contributed by atoms with E-state index in [1.807, 2.05) is 47.7 Å². The van der Waals surface area contributed by atoms with Gasteiger partial charge in [-0.2, -0.15) is 0 Å². The number of benzene rings is 2. The average molecular weight is 386 g/mol. The second-order valence-corrected chi connectivity index (χ2v) is 5.86. The van der Waals surface area contributed by atoms with Crippen LogP contribution < -0.4 is 4.74 Å². The molecule has 2 aromatic rings. The first-order chi connectivity index (χ1) is 9.51. The first kappa shape index (κ1) is 15.3. The predicted octanol–water partition coefficient (Wildman–Crippen LogP) is 4.02. The van der Waals surface area contributed by atoms with E-state index in [0.717, 1.165) is 26.0 Å². The number of rotatable bonds is 4. The molecule has 2 aromatic carbocycles. The van der Waals surface area contributed by atoms with E-state index in [4.69, 9.17) is 4.74 Å². The molecule has 0 radical (unpaired) electrons. The molecule has 0 bridgehead atoms. The summed E-state index contributed by atoms with van der Waals surface area (Å²) >= 11 is 2.04. The number of hydrogen-bond donors (Lipinski definition) is 1. The minimum absolute atomic E-state index is 0.293. The predicted molar refractivity (Wildman–Crippen MR) is 85.5 cm³/mol. The third kappa shape index (κ3) is 3.49. The molecular formula is C16H16FIO2. The van der Waals surface area contributed by atoms with Gasteiger partial charge in [-0.15, -0.1) is 0 Å². The highest BCUT2D eigenvalue weighted by Gasteiger charge is 2.15. The lowest BCUT2D eigenvalue weighted by Gasteiger charge is -2.16. The highest BCUT2D eigenvalue weighted by Crippen LogP contribution is 2.28. The maximum absolute atomic E-state index is 13.1. The lowest BCUT2D eigenvalue weighted by atomic mass is 9.99. The van der Waals surface area contributed by atoms with E-state index >= 15 is 0 Å². The Hall–Kier alpha value is -1.14. The molecule has 0 aromatic heterocycles.